The third kappa shape index (κ3) is 4.66. The fraction of sp³-hybridized carbons (Fsp3) is 0.227. The van der Waals surface area contributed by atoms with Gasteiger partial charge in [0.05, 0.1) is 23.2 Å². The molecule has 0 atom stereocenters. The molecule has 1 amide bonds. The fourth-order valence-electron chi connectivity index (χ4n) is 3.32. The lowest BCUT2D eigenvalue weighted by molar-refractivity contribution is -0.114. The monoisotopic (exact) mass is 525 g/mol. The Kier molecular flexibility index (Phi) is 6.54. The number of nitrogens with zero attached hydrogens (tertiary/aromatic N) is 6. The Labute approximate surface area is 212 Å². The molecule has 0 aliphatic carbocycles. The van der Waals surface area contributed by atoms with Crippen LogP contribution in [-0.4, -0.2) is 47.3 Å². The number of aliphatic imine (C=N–C) groups is 1. The van der Waals surface area contributed by atoms with Crippen molar-refractivity contribution in [3.05, 3.63) is 62.5 Å². The Balaban J connectivity index is 1.30. The summed E-state index contributed by atoms with van der Waals surface area (Å²) in [5, 5.41) is 14.7. The molecule has 3 aromatic rings. The standard InChI is InChI=1S/C22H19N7O3S3/c1-3-16-26-29-17(30)10-13(24-21(29)34-16)11-32-14-7-5-12(6-8-14)9-15-18(23)28-20(25-19(15)31)35-27-22(28)33-4-2/h5-10,23H,3-4,11H2,1-2H3/b15-9-,23-18?. The molecular formula is C22H19N7O3S3. The van der Waals surface area contributed by atoms with Crippen molar-refractivity contribution in [2.75, 3.05) is 5.75 Å². The normalized spacial score (nSPS) is 16.6. The number of amides is 1. The number of amidine groups is 3. The van der Waals surface area contributed by atoms with Crippen LogP contribution in [0.15, 0.2) is 50.1 Å². The first kappa shape index (κ1) is 23.5. The molecule has 0 bridgehead atoms. The van der Waals surface area contributed by atoms with Crippen molar-refractivity contribution < 1.29 is 9.53 Å². The second-order valence-electron chi connectivity index (χ2n) is 7.33. The lowest BCUT2D eigenvalue weighted by Crippen LogP contribution is -2.41. The molecule has 5 rings (SSSR count). The number of carbonyl (C=O) groups excluding carboxylic acids is 1. The number of hydrogen-bond donors (Lipinski definition) is 1. The van der Waals surface area contributed by atoms with Gasteiger partial charge in [0.2, 0.25) is 10.1 Å². The Morgan fingerprint density at radius 3 is 2.74 bits per heavy atom. The van der Waals surface area contributed by atoms with E-state index in [4.69, 9.17) is 10.1 Å². The molecule has 0 fully saturated rings. The minimum atomic E-state index is -0.464. The number of carbonyl (C=O) groups is 1. The number of benzene rings is 1. The third-order valence-electron chi connectivity index (χ3n) is 4.99. The van der Waals surface area contributed by atoms with Crippen molar-refractivity contribution >= 4 is 68.2 Å². The van der Waals surface area contributed by atoms with Gasteiger partial charge in [0.15, 0.2) is 5.17 Å². The van der Waals surface area contributed by atoms with Gasteiger partial charge in [-0.1, -0.05) is 49.1 Å². The van der Waals surface area contributed by atoms with Gasteiger partial charge >= 0.3 is 0 Å². The molecular weight excluding hydrogens is 506 g/mol. The summed E-state index contributed by atoms with van der Waals surface area (Å²) in [5.41, 5.74) is 1.21. The summed E-state index contributed by atoms with van der Waals surface area (Å²) >= 11 is 3.99. The van der Waals surface area contributed by atoms with Gasteiger partial charge < -0.3 is 4.74 Å². The Morgan fingerprint density at radius 2 is 2.00 bits per heavy atom. The molecule has 178 valence electrons. The van der Waals surface area contributed by atoms with Gasteiger partial charge in [0, 0.05) is 6.07 Å². The molecule has 0 unspecified atom stereocenters. The molecule has 10 nitrogen and oxygen atoms in total. The summed E-state index contributed by atoms with van der Waals surface area (Å²) in [6.07, 6.45) is 2.38. The lowest BCUT2D eigenvalue weighted by atomic mass is 10.1. The summed E-state index contributed by atoms with van der Waals surface area (Å²) in [5.74, 6) is 0.983. The number of rotatable bonds is 6. The van der Waals surface area contributed by atoms with Crippen LogP contribution < -0.4 is 10.3 Å². The first-order valence-electron chi connectivity index (χ1n) is 10.7. The van der Waals surface area contributed by atoms with Crippen molar-refractivity contribution in [2.45, 2.75) is 26.9 Å². The van der Waals surface area contributed by atoms with Crippen LogP contribution in [0.5, 0.6) is 5.75 Å². The van der Waals surface area contributed by atoms with Crippen LogP contribution in [0.3, 0.4) is 0 Å². The maximum absolute atomic E-state index is 12.5. The maximum atomic E-state index is 12.5. The largest absolute Gasteiger partial charge is 0.487 e. The minimum absolute atomic E-state index is 0.0621. The molecule has 13 heteroatoms. The van der Waals surface area contributed by atoms with Crippen molar-refractivity contribution in [2.24, 2.45) is 9.39 Å². The van der Waals surface area contributed by atoms with Crippen LogP contribution in [0.4, 0.5) is 0 Å². The first-order chi connectivity index (χ1) is 17.0. The van der Waals surface area contributed by atoms with E-state index in [1.165, 1.54) is 33.7 Å². The van der Waals surface area contributed by atoms with E-state index >= 15 is 0 Å². The van der Waals surface area contributed by atoms with Crippen LogP contribution in [0.1, 0.15) is 30.1 Å². The van der Waals surface area contributed by atoms with Crippen molar-refractivity contribution in [3.63, 3.8) is 0 Å². The van der Waals surface area contributed by atoms with E-state index in [1.54, 1.807) is 35.2 Å². The second-order valence-corrected chi connectivity index (χ2v) is 10.3. The van der Waals surface area contributed by atoms with E-state index in [2.05, 4.69) is 19.5 Å². The molecule has 0 saturated carbocycles. The predicted molar refractivity (Wildman–Crippen MR) is 140 cm³/mol. The Bertz CT molecular complexity index is 1490. The predicted octanol–water partition coefficient (Wildman–Crippen LogP) is 3.62. The molecule has 1 aromatic carbocycles. The molecule has 1 N–H and O–H groups in total. The van der Waals surface area contributed by atoms with Gasteiger partial charge in [-0.3, -0.25) is 15.0 Å². The zero-order valence-electron chi connectivity index (χ0n) is 18.7. The number of fused-ring (bicyclic) bond motifs is 2. The van der Waals surface area contributed by atoms with Gasteiger partial charge in [0.25, 0.3) is 11.5 Å². The maximum Gasteiger partial charge on any atom is 0.283 e. The van der Waals surface area contributed by atoms with E-state index in [9.17, 15) is 9.59 Å². The van der Waals surface area contributed by atoms with Crippen molar-refractivity contribution in [1.82, 2.24) is 19.5 Å². The van der Waals surface area contributed by atoms with E-state index in [-0.39, 0.29) is 23.6 Å². The van der Waals surface area contributed by atoms with Crippen molar-refractivity contribution in [3.8, 4) is 5.75 Å². The SMILES string of the molecule is CCSC1=NSC2=NC(=O)/C(=C\c3ccc(OCc4cc(=O)n5nc(CC)sc5n4)cc3)C(=N)N12. The van der Waals surface area contributed by atoms with Crippen LogP contribution in [-0.2, 0) is 17.8 Å². The topological polar surface area (TPSA) is 125 Å². The smallest absolute Gasteiger partial charge is 0.283 e. The van der Waals surface area contributed by atoms with E-state index in [1.807, 2.05) is 13.8 Å². The zero-order valence-corrected chi connectivity index (χ0v) is 21.2. The molecule has 0 radical (unpaired) electrons. The molecule has 0 spiro atoms. The average molecular weight is 526 g/mol. The van der Waals surface area contributed by atoms with E-state index in [0.717, 1.165) is 34.7 Å². The van der Waals surface area contributed by atoms with Crippen LogP contribution >= 0.6 is 35.0 Å². The number of aryl methyl sites for hydroxylation is 1. The molecule has 4 heterocycles. The van der Waals surface area contributed by atoms with Gasteiger partial charge in [0.1, 0.15) is 23.2 Å². The summed E-state index contributed by atoms with van der Waals surface area (Å²) in [7, 11) is 0. The molecule has 2 aromatic heterocycles. The quantitative estimate of drug-likeness (QED) is 0.382. The zero-order chi connectivity index (χ0) is 24.5. The van der Waals surface area contributed by atoms with E-state index in [0.29, 0.717) is 26.7 Å². The Morgan fingerprint density at radius 1 is 1.20 bits per heavy atom. The first-order valence-corrected chi connectivity index (χ1v) is 13.3. The van der Waals surface area contributed by atoms with E-state index < -0.39 is 5.91 Å². The lowest BCUT2D eigenvalue weighted by Gasteiger charge is -2.24. The summed E-state index contributed by atoms with van der Waals surface area (Å²) < 4.78 is 11.4. The van der Waals surface area contributed by atoms with Gasteiger partial charge in [-0.2, -0.15) is 19.0 Å². The van der Waals surface area contributed by atoms with Gasteiger partial charge in [-0.05, 0) is 35.9 Å². The molecule has 35 heavy (non-hydrogen) atoms. The number of thioether (sulfide) groups is 1. The fourth-order valence-corrected chi connectivity index (χ4v) is 5.75. The molecule has 2 aliphatic heterocycles. The van der Waals surface area contributed by atoms with Crippen LogP contribution in [0, 0.1) is 5.41 Å². The number of hydrogen-bond acceptors (Lipinski definition) is 10. The highest BCUT2D eigenvalue weighted by Gasteiger charge is 2.37. The van der Waals surface area contributed by atoms with Gasteiger partial charge in [-0.15, -0.1) is 0 Å². The number of nitrogens with one attached hydrogen (secondary N) is 1. The minimum Gasteiger partial charge on any atom is -0.487 e. The third-order valence-corrected chi connectivity index (χ3v) is 7.68. The molecule has 2 aliphatic rings. The average Bonchev–Trinajstić information content (AvgIpc) is 3.46. The summed E-state index contributed by atoms with van der Waals surface area (Å²) in [6, 6.07) is 8.52. The highest BCUT2D eigenvalue weighted by molar-refractivity contribution is 8.19. The highest BCUT2D eigenvalue weighted by atomic mass is 32.2. The summed E-state index contributed by atoms with van der Waals surface area (Å²) in [4.78, 5) is 35.5. The number of ether oxygens (including phenoxy) is 1. The number of aromatic nitrogens is 3. The highest BCUT2D eigenvalue weighted by Crippen LogP contribution is 2.31. The van der Waals surface area contributed by atoms with Crippen molar-refractivity contribution in [1.29, 1.82) is 5.41 Å². The summed E-state index contributed by atoms with van der Waals surface area (Å²) in [6.45, 7) is 4.11. The van der Waals surface area contributed by atoms with Gasteiger partial charge in [-0.25, -0.2) is 9.88 Å². The Hall–Kier alpha value is -3.29. The molecule has 0 saturated heterocycles. The van der Waals surface area contributed by atoms with Crippen LogP contribution in [0.25, 0.3) is 11.0 Å². The van der Waals surface area contributed by atoms with Crippen LogP contribution in [0.2, 0.25) is 0 Å². The second kappa shape index (κ2) is 9.76.